The third kappa shape index (κ3) is 3.05. The van der Waals surface area contributed by atoms with E-state index < -0.39 is 0 Å². The molecule has 1 aliphatic carbocycles. The number of carbonyl (C=O) groups excluding carboxylic acids is 1. The smallest absolute Gasteiger partial charge is 0.206 e. The molecule has 3 aromatic heterocycles. The Kier molecular flexibility index (Phi) is 4.62. The number of thiophene rings is 1. The highest BCUT2D eigenvalue weighted by Gasteiger charge is 2.27. The Labute approximate surface area is 181 Å². The Balaban J connectivity index is 1.73. The van der Waals surface area contributed by atoms with Gasteiger partial charge in [-0.3, -0.25) is 4.79 Å². The van der Waals surface area contributed by atoms with E-state index in [9.17, 15) is 4.79 Å². The second-order valence-electron chi connectivity index (χ2n) is 7.08. The number of benzene rings is 1. The zero-order chi connectivity index (χ0) is 20.1. The van der Waals surface area contributed by atoms with Gasteiger partial charge >= 0.3 is 0 Å². The van der Waals surface area contributed by atoms with Crippen LogP contribution in [0, 0.1) is 0 Å². The summed E-state index contributed by atoms with van der Waals surface area (Å²) in [4.78, 5) is 19.3. The Morgan fingerprint density at radius 2 is 1.93 bits per heavy atom. The summed E-state index contributed by atoms with van der Waals surface area (Å²) in [5.74, 6) is 0.530. The number of hydrogen-bond acceptors (Lipinski definition) is 5. The highest BCUT2D eigenvalue weighted by molar-refractivity contribution is 7.21. The molecule has 146 valence electrons. The van der Waals surface area contributed by atoms with Crippen LogP contribution >= 0.6 is 34.5 Å². The maximum Gasteiger partial charge on any atom is 0.206 e. The van der Waals surface area contributed by atoms with Crippen LogP contribution in [0.25, 0.3) is 21.7 Å². The Hall–Kier alpha value is -2.34. The van der Waals surface area contributed by atoms with Crippen molar-refractivity contribution >= 4 is 56.2 Å². The van der Waals surface area contributed by atoms with Crippen molar-refractivity contribution in [3.8, 4) is 11.5 Å². The molecule has 0 spiro atoms. The predicted octanol–water partition coefficient (Wildman–Crippen LogP) is 6.56. The predicted molar refractivity (Wildman–Crippen MR) is 118 cm³/mol. The number of aromatic nitrogens is 1. The normalized spacial score (nSPS) is 13.6. The molecule has 3 heterocycles. The molecule has 0 bridgehead atoms. The van der Waals surface area contributed by atoms with Gasteiger partial charge in [-0.05, 0) is 67.1 Å². The van der Waals surface area contributed by atoms with Crippen LogP contribution in [0.2, 0.25) is 10.0 Å². The molecule has 4 nitrogen and oxygen atoms in total. The molecule has 4 aromatic rings. The van der Waals surface area contributed by atoms with Gasteiger partial charge in [-0.25, -0.2) is 4.98 Å². The summed E-state index contributed by atoms with van der Waals surface area (Å²) in [6.45, 7) is 0. The third-order valence-electron chi connectivity index (χ3n) is 5.33. The van der Waals surface area contributed by atoms with Crippen molar-refractivity contribution in [3.63, 3.8) is 0 Å². The number of pyridine rings is 1. The van der Waals surface area contributed by atoms with Gasteiger partial charge < -0.3 is 10.2 Å². The summed E-state index contributed by atoms with van der Waals surface area (Å²) in [5.41, 5.74) is 10.6. The molecule has 0 radical (unpaired) electrons. The number of fused-ring (bicyclic) bond motifs is 3. The van der Waals surface area contributed by atoms with E-state index in [1.165, 1.54) is 22.5 Å². The van der Waals surface area contributed by atoms with Gasteiger partial charge in [-0.2, -0.15) is 0 Å². The van der Waals surface area contributed by atoms with Crippen molar-refractivity contribution in [3.05, 3.63) is 68.2 Å². The molecular formula is C22H16Cl2N2O2S. The van der Waals surface area contributed by atoms with Crippen LogP contribution in [0.1, 0.15) is 39.2 Å². The number of nitrogen functional groups attached to an aromatic ring is 1. The van der Waals surface area contributed by atoms with Crippen molar-refractivity contribution in [2.24, 2.45) is 0 Å². The first-order valence-electron chi connectivity index (χ1n) is 9.32. The summed E-state index contributed by atoms with van der Waals surface area (Å²) in [5, 5.41) is 1.69. The van der Waals surface area contributed by atoms with E-state index in [4.69, 9.17) is 38.3 Å². The molecule has 1 aliphatic rings. The van der Waals surface area contributed by atoms with E-state index >= 15 is 0 Å². The minimum Gasteiger partial charge on any atom is -0.463 e. The number of nitrogens with two attached hydrogens (primary N) is 1. The van der Waals surface area contributed by atoms with Crippen molar-refractivity contribution in [1.29, 1.82) is 0 Å². The number of rotatable bonds is 3. The molecule has 0 aliphatic heterocycles. The highest BCUT2D eigenvalue weighted by atomic mass is 35.5. The first kappa shape index (κ1) is 18.7. The fraction of sp³-hybridized carbons (Fsp3) is 0.182. The lowest BCUT2D eigenvalue weighted by Crippen LogP contribution is -2.08. The first-order chi connectivity index (χ1) is 14.0. The summed E-state index contributed by atoms with van der Waals surface area (Å²) in [6.07, 6.45) is 5.68. The van der Waals surface area contributed by atoms with Gasteiger partial charge in [0.05, 0.1) is 17.0 Å². The van der Waals surface area contributed by atoms with Crippen molar-refractivity contribution in [2.45, 2.75) is 25.7 Å². The van der Waals surface area contributed by atoms with Gasteiger partial charge in [0.15, 0.2) is 5.76 Å². The molecule has 29 heavy (non-hydrogen) atoms. The summed E-state index contributed by atoms with van der Waals surface area (Å²) in [7, 11) is 0. The number of hydrogen-bond donors (Lipinski definition) is 1. The van der Waals surface area contributed by atoms with Gasteiger partial charge in [-0.1, -0.05) is 23.2 Å². The minimum atomic E-state index is -0.212. The van der Waals surface area contributed by atoms with E-state index in [-0.39, 0.29) is 5.78 Å². The van der Waals surface area contributed by atoms with Gasteiger partial charge in [0, 0.05) is 16.0 Å². The molecule has 0 amide bonds. The van der Waals surface area contributed by atoms with E-state index in [2.05, 4.69) is 0 Å². The minimum absolute atomic E-state index is 0.212. The fourth-order valence-electron chi connectivity index (χ4n) is 4.00. The maximum atomic E-state index is 13.2. The van der Waals surface area contributed by atoms with E-state index in [1.807, 2.05) is 12.1 Å². The van der Waals surface area contributed by atoms with Crippen molar-refractivity contribution in [2.75, 3.05) is 5.73 Å². The van der Waals surface area contributed by atoms with Gasteiger partial charge in [0.25, 0.3) is 0 Å². The van der Waals surface area contributed by atoms with Gasteiger partial charge in [0.2, 0.25) is 5.78 Å². The number of halogens is 2. The van der Waals surface area contributed by atoms with E-state index in [0.717, 1.165) is 47.4 Å². The summed E-state index contributed by atoms with van der Waals surface area (Å²) in [6, 6.07) is 8.62. The number of nitrogens with zero attached hydrogens (tertiary/aromatic N) is 1. The van der Waals surface area contributed by atoms with Crippen LogP contribution in [0.15, 0.2) is 41.0 Å². The lowest BCUT2D eigenvalue weighted by molar-refractivity contribution is 0.104. The van der Waals surface area contributed by atoms with Crippen LogP contribution in [0.5, 0.6) is 0 Å². The molecule has 0 atom stereocenters. The number of carbonyl (C=O) groups is 1. The van der Waals surface area contributed by atoms with Crippen molar-refractivity contribution in [1.82, 2.24) is 4.98 Å². The second-order valence-corrected chi connectivity index (χ2v) is 8.92. The SMILES string of the molecule is Nc1c(C(=O)c2ccc(Cl)cc2Cl)sc2nc(-c3ccco3)c3c(c12)CCCC3. The van der Waals surface area contributed by atoms with Crippen LogP contribution in [0.4, 0.5) is 5.69 Å². The Morgan fingerprint density at radius 3 is 2.66 bits per heavy atom. The molecule has 0 saturated heterocycles. The first-order valence-corrected chi connectivity index (χ1v) is 10.9. The van der Waals surface area contributed by atoms with Gasteiger partial charge in [0.1, 0.15) is 15.4 Å². The molecule has 0 fully saturated rings. The monoisotopic (exact) mass is 442 g/mol. The fourth-order valence-corrected chi connectivity index (χ4v) is 5.57. The van der Waals surface area contributed by atoms with Crippen molar-refractivity contribution < 1.29 is 9.21 Å². The van der Waals surface area contributed by atoms with Crippen LogP contribution in [-0.4, -0.2) is 10.8 Å². The molecule has 7 heteroatoms. The molecule has 2 N–H and O–H groups in total. The lowest BCUT2D eigenvalue weighted by atomic mass is 9.88. The number of anilines is 1. The quantitative estimate of drug-likeness (QED) is 0.364. The van der Waals surface area contributed by atoms with E-state index in [1.54, 1.807) is 24.5 Å². The zero-order valence-corrected chi connectivity index (χ0v) is 17.6. The number of furan rings is 1. The topological polar surface area (TPSA) is 69.1 Å². The van der Waals surface area contributed by atoms with Crippen LogP contribution < -0.4 is 5.73 Å². The average Bonchev–Trinajstić information content (AvgIpc) is 3.35. The third-order valence-corrected chi connectivity index (χ3v) is 6.98. The molecule has 5 rings (SSSR count). The highest BCUT2D eigenvalue weighted by Crippen LogP contribution is 2.43. The largest absolute Gasteiger partial charge is 0.463 e. The van der Waals surface area contributed by atoms with Crippen LogP contribution in [-0.2, 0) is 12.8 Å². The number of aryl methyl sites for hydroxylation is 1. The summed E-state index contributed by atoms with van der Waals surface area (Å²) < 4.78 is 5.63. The molecule has 1 aromatic carbocycles. The average molecular weight is 443 g/mol. The second kappa shape index (κ2) is 7.17. The molecule has 0 unspecified atom stereocenters. The molecular weight excluding hydrogens is 427 g/mol. The molecule has 0 saturated carbocycles. The summed E-state index contributed by atoms with van der Waals surface area (Å²) >= 11 is 13.5. The standard InChI is InChI=1S/C22H16Cl2N2O2S/c23-11-7-8-14(15(24)10-11)20(27)21-18(25)17-12-4-1-2-5-13(12)19(26-22(17)29-21)16-6-3-9-28-16/h3,6-10H,1-2,4-5,25H2. The Morgan fingerprint density at radius 1 is 1.14 bits per heavy atom. The van der Waals surface area contributed by atoms with E-state index in [0.29, 0.717) is 26.2 Å². The number of ketones is 1. The lowest BCUT2D eigenvalue weighted by Gasteiger charge is -2.19. The maximum absolute atomic E-state index is 13.2. The Bertz CT molecular complexity index is 1260. The zero-order valence-electron chi connectivity index (χ0n) is 15.3. The van der Waals surface area contributed by atoms with Crippen LogP contribution in [0.3, 0.4) is 0 Å². The van der Waals surface area contributed by atoms with Gasteiger partial charge in [-0.15, -0.1) is 11.3 Å².